The first-order valence-corrected chi connectivity index (χ1v) is 7.69. The predicted octanol–water partition coefficient (Wildman–Crippen LogP) is 0.273. The molecule has 0 aliphatic carbocycles. The van der Waals surface area contributed by atoms with E-state index < -0.39 is 0 Å². The number of hydrogen-bond acceptors (Lipinski definition) is 5. The van der Waals surface area contributed by atoms with Gasteiger partial charge in [0, 0.05) is 19.1 Å². The quantitative estimate of drug-likeness (QED) is 0.788. The highest BCUT2D eigenvalue weighted by atomic mass is 16.2. The van der Waals surface area contributed by atoms with Crippen LogP contribution in [0.5, 0.6) is 0 Å². The molecule has 1 aromatic rings. The molecule has 1 amide bonds. The van der Waals surface area contributed by atoms with E-state index in [1.165, 1.54) is 0 Å². The summed E-state index contributed by atoms with van der Waals surface area (Å²) in [6.45, 7) is 7.69. The van der Waals surface area contributed by atoms with Gasteiger partial charge in [-0.2, -0.15) is 0 Å². The smallest absolute Gasteiger partial charge is 0.273 e. The van der Waals surface area contributed by atoms with Crippen LogP contribution in [0, 0.1) is 0 Å². The Balaban J connectivity index is 1.81. The van der Waals surface area contributed by atoms with Crippen LogP contribution in [0.1, 0.15) is 43.2 Å². The second-order valence-electron chi connectivity index (χ2n) is 5.90. The summed E-state index contributed by atoms with van der Waals surface area (Å²) in [5.41, 5.74) is 0.403. The van der Waals surface area contributed by atoms with E-state index in [2.05, 4.69) is 39.7 Å². The SMILES string of the molecule is CC(C)N(C)CCNC(=O)c1cn(C2CCNCC2)nn1. The van der Waals surface area contributed by atoms with Crippen LogP contribution in [0.3, 0.4) is 0 Å². The Kier molecular flexibility index (Phi) is 5.69. The molecule has 0 unspecified atom stereocenters. The summed E-state index contributed by atoms with van der Waals surface area (Å²) >= 11 is 0. The van der Waals surface area contributed by atoms with Crippen molar-refractivity contribution < 1.29 is 4.79 Å². The molecule has 0 radical (unpaired) electrons. The maximum Gasteiger partial charge on any atom is 0.273 e. The average Bonchev–Trinajstić information content (AvgIpc) is 2.97. The van der Waals surface area contributed by atoms with Gasteiger partial charge < -0.3 is 15.5 Å². The number of amides is 1. The lowest BCUT2D eigenvalue weighted by atomic mass is 10.1. The molecule has 2 N–H and O–H groups in total. The van der Waals surface area contributed by atoms with Crippen LogP contribution in [0.25, 0.3) is 0 Å². The molecule has 118 valence electrons. The highest BCUT2D eigenvalue weighted by Crippen LogP contribution is 2.16. The van der Waals surface area contributed by atoms with Gasteiger partial charge in [0.25, 0.3) is 5.91 Å². The average molecular weight is 294 g/mol. The van der Waals surface area contributed by atoms with E-state index in [9.17, 15) is 4.79 Å². The Labute approximate surface area is 126 Å². The monoisotopic (exact) mass is 294 g/mol. The molecule has 2 heterocycles. The molecule has 7 heteroatoms. The molecule has 0 aromatic carbocycles. The molecule has 1 aliphatic heterocycles. The summed E-state index contributed by atoms with van der Waals surface area (Å²) in [7, 11) is 2.05. The van der Waals surface area contributed by atoms with Gasteiger partial charge in [0.05, 0.1) is 12.2 Å². The van der Waals surface area contributed by atoms with Crippen molar-refractivity contribution in [2.24, 2.45) is 0 Å². The van der Waals surface area contributed by atoms with E-state index in [1.807, 2.05) is 11.7 Å². The number of likely N-dealkylation sites (N-methyl/N-ethyl adjacent to an activating group) is 1. The van der Waals surface area contributed by atoms with Crippen molar-refractivity contribution in [3.05, 3.63) is 11.9 Å². The summed E-state index contributed by atoms with van der Waals surface area (Å²) in [6, 6.07) is 0.829. The number of nitrogens with zero attached hydrogens (tertiary/aromatic N) is 4. The maximum atomic E-state index is 12.0. The number of aromatic nitrogens is 3. The van der Waals surface area contributed by atoms with Gasteiger partial charge in [-0.1, -0.05) is 5.21 Å². The lowest BCUT2D eigenvalue weighted by Crippen LogP contribution is -2.36. The van der Waals surface area contributed by atoms with Crippen LogP contribution in [-0.2, 0) is 0 Å². The van der Waals surface area contributed by atoms with Gasteiger partial charge in [-0.25, -0.2) is 4.68 Å². The van der Waals surface area contributed by atoms with E-state index in [-0.39, 0.29) is 5.91 Å². The lowest BCUT2D eigenvalue weighted by Gasteiger charge is -2.22. The molecular formula is C14H26N6O. The number of rotatable bonds is 6. The zero-order chi connectivity index (χ0) is 15.2. The topological polar surface area (TPSA) is 75.1 Å². The van der Waals surface area contributed by atoms with Crippen LogP contribution in [0.2, 0.25) is 0 Å². The summed E-state index contributed by atoms with van der Waals surface area (Å²) in [5.74, 6) is -0.146. The van der Waals surface area contributed by atoms with Gasteiger partial charge in [-0.05, 0) is 46.8 Å². The van der Waals surface area contributed by atoms with Crippen molar-refractivity contribution in [1.29, 1.82) is 0 Å². The first-order valence-electron chi connectivity index (χ1n) is 7.69. The number of nitrogens with one attached hydrogen (secondary N) is 2. The molecule has 1 fully saturated rings. The fraction of sp³-hybridized carbons (Fsp3) is 0.786. The first-order chi connectivity index (χ1) is 10.1. The Bertz CT molecular complexity index is 452. The van der Waals surface area contributed by atoms with Crippen LogP contribution in [0.15, 0.2) is 6.20 Å². The minimum Gasteiger partial charge on any atom is -0.349 e. The molecule has 1 saturated heterocycles. The molecule has 2 rings (SSSR count). The third-order valence-corrected chi connectivity index (χ3v) is 4.06. The summed E-state index contributed by atoms with van der Waals surface area (Å²) in [6.07, 6.45) is 3.82. The van der Waals surface area contributed by atoms with Crippen molar-refractivity contribution in [3.8, 4) is 0 Å². The minimum atomic E-state index is -0.146. The molecule has 7 nitrogen and oxygen atoms in total. The standard InChI is InChI=1S/C14H26N6O/c1-11(2)19(3)9-8-16-14(21)13-10-20(18-17-13)12-4-6-15-7-5-12/h10-12,15H,4-9H2,1-3H3,(H,16,21). The summed E-state index contributed by atoms with van der Waals surface area (Å²) in [5, 5.41) is 14.3. The van der Waals surface area contributed by atoms with Crippen molar-refractivity contribution in [2.75, 3.05) is 33.2 Å². The van der Waals surface area contributed by atoms with E-state index >= 15 is 0 Å². The van der Waals surface area contributed by atoms with Crippen LogP contribution < -0.4 is 10.6 Å². The zero-order valence-corrected chi connectivity index (χ0v) is 13.2. The van der Waals surface area contributed by atoms with Crippen LogP contribution in [-0.4, -0.2) is 65.1 Å². The molecular weight excluding hydrogens is 268 g/mol. The highest BCUT2D eigenvalue weighted by Gasteiger charge is 2.18. The molecule has 0 spiro atoms. The van der Waals surface area contributed by atoms with Crippen LogP contribution >= 0.6 is 0 Å². The third-order valence-electron chi connectivity index (χ3n) is 4.06. The normalized spacial score (nSPS) is 16.6. The zero-order valence-electron chi connectivity index (χ0n) is 13.2. The Morgan fingerprint density at radius 3 is 2.90 bits per heavy atom. The van der Waals surface area contributed by atoms with Crippen molar-refractivity contribution in [3.63, 3.8) is 0 Å². The van der Waals surface area contributed by atoms with E-state index in [1.54, 1.807) is 6.20 Å². The largest absolute Gasteiger partial charge is 0.349 e. The van der Waals surface area contributed by atoms with Gasteiger partial charge in [0.1, 0.15) is 0 Å². The number of hydrogen-bond donors (Lipinski definition) is 2. The molecule has 1 aromatic heterocycles. The lowest BCUT2D eigenvalue weighted by molar-refractivity contribution is 0.0943. The Morgan fingerprint density at radius 1 is 1.52 bits per heavy atom. The van der Waals surface area contributed by atoms with Gasteiger partial charge in [-0.3, -0.25) is 4.79 Å². The minimum absolute atomic E-state index is 0.146. The Hall–Kier alpha value is -1.47. The molecule has 0 bridgehead atoms. The summed E-state index contributed by atoms with van der Waals surface area (Å²) < 4.78 is 1.83. The van der Waals surface area contributed by atoms with Crippen LogP contribution in [0.4, 0.5) is 0 Å². The molecule has 1 aliphatic rings. The number of piperidine rings is 1. The number of carbonyl (C=O) groups is 1. The Morgan fingerprint density at radius 2 is 2.24 bits per heavy atom. The van der Waals surface area contributed by atoms with E-state index in [0.717, 1.165) is 32.5 Å². The van der Waals surface area contributed by atoms with Gasteiger partial charge in [0.2, 0.25) is 0 Å². The van der Waals surface area contributed by atoms with E-state index in [0.29, 0.717) is 24.3 Å². The van der Waals surface area contributed by atoms with E-state index in [4.69, 9.17) is 0 Å². The number of carbonyl (C=O) groups excluding carboxylic acids is 1. The fourth-order valence-corrected chi connectivity index (χ4v) is 2.32. The molecule has 0 atom stereocenters. The van der Waals surface area contributed by atoms with Gasteiger partial charge >= 0.3 is 0 Å². The van der Waals surface area contributed by atoms with Crippen molar-refractivity contribution in [2.45, 2.75) is 38.8 Å². The second kappa shape index (κ2) is 7.51. The highest BCUT2D eigenvalue weighted by molar-refractivity contribution is 5.91. The fourth-order valence-electron chi connectivity index (χ4n) is 2.32. The van der Waals surface area contributed by atoms with Gasteiger partial charge in [0.15, 0.2) is 5.69 Å². The maximum absolute atomic E-state index is 12.0. The second-order valence-corrected chi connectivity index (χ2v) is 5.90. The van der Waals surface area contributed by atoms with Crippen molar-refractivity contribution in [1.82, 2.24) is 30.5 Å². The summed E-state index contributed by atoms with van der Waals surface area (Å²) in [4.78, 5) is 14.2. The van der Waals surface area contributed by atoms with Crippen molar-refractivity contribution >= 4 is 5.91 Å². The first kappa shape index (κ1) is 15.9. The molecule has 0 saturated carbocycles. The predicted molar refractivity (Wildman–Crippen MR) is 81.3 cm³/mol. The third kappa shape index (κ3) is 4.50. The van der Waals surface area contributed by atoms with Gasteiger partial charge in [-0.15, -0.1) is 5.10 Å². The molecule has 21 heavy (non-hydrogen) atoms.